The summed E-state index contributed by atoms with van der Waals surface area (Å²) in [6, 6.07) is 14.8. The lowest BCUT2D eigenvalue weighted by Gasteiger charge is -2.37. The molecule has 4 heteroatoms. The van der Waals surface area contributed by atoms with Gasteiger partial charge in [-0.1, -0.05) is 23.7 Å². The minimum atomic E-state index is 0.525. The maximum atomic E-state index is 5.93. The number of rotatable bonds is 4. The molecule has 1 fully saturated rings. The minimum Gasteiger partial charge on any atom is -0.495 e. The number of halogens is 2. The van der Waals surface area contributed by atoms with E-state index in [1.165, 1.54) is 5.56 Å². The summed E-state index contributed by atoms with van der Waals surface area (Å²) in [7, 11) is 1.68. The summed E-state index contributed by atoms with van der Waals surface area (Å²) in [5.74, 6) is 1.49. The lowest BCUT2D eigenvalue weighted by atomic mass is 9.76. The van der Waals surface area contributed by atoms with Crippen LogP contribution in [0, 0.1) is 0 Å². The second kappa shape index (κ2) is 6.29. The Morgan fingerprint density at radius 2 is 1.86 bits per heavy atom. The van der Waals surface area contributed by atoms with E-state index in [4.69, 9.17) is 16.3 Å². The van der Waals surface area contributed by atoms with E-state index in [0.29, 0.717) is 12.0 Å². The number of nitrogens with one attached hydrogen (secondary N) is 1. The van der Waals surface area contributed by atoms with Crippen LogP contribution in [0.25, 0.3) is 0 Å². The third-order valence-electron chi connectivity index (χ3n) is 4.00. The van der Waals surface area contributed by atoms with Crippen LogP contribution in [-0.4, -0.2) is 13.2 Å². The average Bonchev–Trinajstić information content (AvgIpc) is 2.45. The van der Waals surface area contributed by atoms with Crippen LogP contribution in [-0.2, 0) is 0 Å². The Morgan fingerprint density at radius 3 is 2.52 bits per heavy atom. The third-order valence-corrected chi connectivity index (χ3v) is 4.91. The van der Waals surface area contributed by atoms with Gasteiger partial charge in [-0.05, 0) is 64.5 Å². The Hall–Kier alpha value is -1.19. The number of hydrogen-bond donors (Lipinski definition) is 1. The van der Waals surface area contributed by atoms with Crippen molar-refractivity contribution in [1.29, 1.82) is 0 Å². The van der Waals surface area contributed by atoms with Crippen LogP contribution in [0.15, 0.2) is 46.9 Å². The molecule has 0 heterocycles. The normalized spacial score (nSPS) is 20.7. The summed E-state index contributed by atoms with van der Waals surface area (Å²) in [4.78, 5) is 0. The summed E-state index contributed by atoms with van der Waals surface area (Å²) >= 11 is 9.40. The van der Waals surface area contributed by atoms with Crippen LogP contribution < -0.4 is 10.1 Å². The number of benzene rings is 2. The summed E-state index contributed by atoms with van der Waals surface area (Å²) in [5, 5.41) is 4.37. The molecule has 0 atom stereocenters. The SMILES string of the molecule is COc1cc(NC2CC(c3ccc(Cl)cc3)C2)ccc1Br. The number of hydrogen-bond acceptors (Lipinski definition) is 2. The fourth-order valence-electron chi connectivity index (χ4n) is 2.73. The molecular formula is C17H17BrClNO. The van der Waals surface area contributed by atoms with E-state index < -0.39 is 0 Å². The fraction of sp³-hybridized carbons (Fsp3) is 0.294. The van der Waals surface area contributed by atoms with Gasteiger partial charge in [-0.3, -0.25) is 0 Å². The van der Waals surface area contributed by atoms with Gasteiger partial charge in [0.1, 0.15) is 5.75 Å². The Balaban J connectivity index is 1.58. The van der Waals surface area contributed by atoms with Crippen molar-refractivity contribution in [1.82, 2.24) is 0 Å². The first kappa shape index (κ1) is 14.7. The quantitative estimate of drug-likeness (QED) is 0.774. The van der Waals surface area contributed by atoms with E-state index in [1.807, 2.05) is 24.3 Å². The van der Waals surface area contributed by atoms with Gasteiger partial charge in [-0.15, -0.1) is 0 Å². The maximum Gasteiger partial charge on any atom is 0.135 e. The molecule has 0 saturated heterocycles. The van der Waals surface area contributed by atoms with Gasteiger partial charge in [-0.2, -0.15) is 0 Å². The predicted octanol–water partition coefficient (Wildman–Crippen LogP) is 5.47. The van der Waals surface area contributed by atoms with Crippen LogP contribution in [0.4, 0.5) is 5.69 Å². The second-order valence-corrected chi connectivity index (χ2v) is 6.70. The van der Waals surface area contributed by atoms with Crippen LogP contribution in [0.5, 0.6) is 5.75 Å². The Labute approximate surface area is 138 Å². The van der Waals surface area contributed by atoms with Crippen LogP contribution in [0.3, 0.4) is 0 Å². The lowest BCUT2D eigenvalue weighted by Crippen LogP contribution is -2.33. The molecule has 110 valence electrons. The van der Waals surface area contributed by atoms with Crippen molar-refractivity contribution in [3.05, 3.63) is 57.5 Å². The topological polar surface area (TPSA) is 21.3 Å². The highest BCUT2D eigenvalue weighted by molar-refractivity contribution is 9.10. The molecule has 1 saturated carbocycles. The van der Waals surface area contributed by atoms with Crippen molar-refractivity contribution >= 4 is 33.2 Å². The van der Waals surface area contributed by atoms with Gasteiger partial charge < -0.3 is 10.1 Å². The molecule has 1 aliphatic carbocycles. The van der Waals surface area contributed by atoms with Crippen molar-refractivity contribution in [2.75, 3.05) is 12.4 Å². The number of ether oxygens (including phenoxy) is 1. The average molecular weight is 367 g/mol. The molecule has 1 N–H and O–H groups in total. The molecule has 2 nitrogen and oxygen atoms in total. The van der Waals surface area contributed by atoms with E-state index in [0.717, 1.165) is 33.8 Å². The monoisotopic (exact) mass is 365 g/mol. The highest BCUT2D eigenvalue weighted by Gasteiger charge is 2.30. The molecule has 0 aromatic heterocycles. The molecule has 0 amide bonds. The van der Waals surface area contributed by atoms with Crippen LogP contribution >= 0.6 is 27.5 Å². The smallest absolute Gasteiger partial charge is 0.135 e. The Kier molecular flexibility index (Phi) is 4.41. The van der Waals surface area contributed by atoms with E-state index in [-0.39, 0.29) is 0 Å². The molecule has 1 aliphatic rings. The van der Waals surface area contributed by atoms with Crippen molar-refractivity contribution < 1.29 is 4.74 Å². The zero-order valence-corrected chi connectivity index (χ0v) is 14.1. The molecule has 0 unspecified atom stereocenters. The maximum absolute atomic E-state index is 5.93. The first-order valence-electron chi connectivity index (χ1n) is 7.01. The summed E-state index contributed by atoms with van der Waals surface area (Å²) in [6.07, 6.45) is 2.31. The summed E-state index contributed by atoms with van der Waals surface area (Å²) in [6.45, 7) is 0. The Morgan fingerprint density at radius 1 is 1.14 bits per heavy atom. The van der Waals surface area contributed by atoms with Crippen LogP contribution in [0.1, 0.15) is 24.3 Å². The minimum absolute atomic E-state index is 0.525. The van der Waals surface area contributed by atoms with Gasteiger partial charge in [0.2, 0.25) is 0 Å². The fourth-order valence-corrected chi connectivity index (χ4v) is 3.26. The first-order chi connectivity index (χ1) is 10.2. The molecule has 3 rings (SSSR count). The van der Waals surface area contributed by atoms with Crippen molar-refractivity contribution in [3.8, 4) is 5.75 Å². The van der Waals surface area contributed by atoms with Crippen molar-refractivity contribution in [2.45, 2.75) is 24.8 Å². The first-order valence-corrected chi connectivity index (χ1v) is 8.18. The molecular weight excluding hydrogens is 350 g/mol. The van der Waals surface area contributed by atoms with Gasteiger partial charge >= 0.3 is 0 Å². The zero-order valence-electron chi connectivity index (χ0n) is 11.8. The molecule has 0 spiro atoms. The van der Waals surface area contributed by atoms with E-state index in [2.05, 4.69) is 39.4 Å². The zero-order chi connectivity index (χ0) is 14.8. The molecule has 21 heavy (non-hydrogen) atoms. The largest absolute Gasteiger partial charge is 0.495 e. The van der Waals surface area contributed by atoms with Crippen LogP contribution in [0.2, 0.25) is 5.02 Å². The second-order valence-electron chi connectivity index (χ2n) is 5.41. The van der Waals surface area contributed by atoms with E-state index in [9.17, 15) is 0 Å². The number of methoxy groups -OCH3 is 1. The summed E-state index contributed by atoms with van der Waals surface area (Å²) < 4.78 is 6.30. The molecule has 0 radical (unpaired) electrons. The van der Waals surface area contributed by atoms with E-state index >= 15 is 0 Å². The third kappa shape index (κ3) is 3.35. The highest BCUT2D eigenvalue weighted by atomic mass is 79.9. The molecule has 0 bridgehead atoms. The van der Waals surface area contributed by atoms with Gasteiger partial charge in [0.25, 0.3) is 0 Å². The predicted molar refractivity (Wildman–Crippen MR) is 91.5 cm³/mol. The standard InChI is InChI=1S/C17H17BrClNO/c1-21-17-10-14(6-7-16(17)18)20-15-8-12(9-15)11-2-4-13(19)5-3-11/h2-7,10,12,15,20H,8-9H2,1H3. The van der Waals surface area contributed by atoms with Crippen molar-refractivity contribution in [3.63, 3.8) is 0 Å². The Bertz CT molecular complexity index is 623. The lowest BCUT2D eigenvalue weighted by molar-refractivity contribution is 0.373. The van der Waals surface area contributed by atoms with Gasteiger partial charge in [0, 0.05) is 22.8 Å². The van der Waals surface area contributed by atoms with Gasteiger partial charge in [0.15, 0.2) is 0 Å². The van der Waals surface area contributed by atoms with Crippen molar-refractivity contribution in [2.24, 2.45) is 0 Å². The molecule has 2 aromatic rings. The summed E-state index contributed by atoms with van der Waals surface area (Å²) in [5.41, 5.74) is 2.49. The number of anilines is 1. The molecule has 0 aliphatic heterocycles. The highest BCUT2D eigenvalue weighted by Crippen LogP contribution is 2.39. The van der Waals surface area contributed by atoms with Gasteiger partial charge in [-0.25, -0.2) is 0 Å². The van der Waals surface area contributed by atoms with E-state index in [1.54, 1.807) is 7.11 Å². The molecule has 2 aromatic carbocycles. The van der Waals surface area contributed by atoms with Gasteiger partial charge in [0.05, 0.1) is 11.6 Å².